The number of H-pyrrole nitrogens is 1. The van der Waals surface area contributed by atoms with Gasteiger partial charge in [0, 0.05) is 24.7 Å². The van der Waals surface area contributed by atoms with E-state index >= 15 is 0 Å². The van der Waals surface area contributed by atoms with Crippen LogP contribution in [0.1, 0.15) is 15.9 Å². The van der Waals surface area contributed by atoms with Crippen molar-refractivity contribution in [2.24, 2.45) is 7.05 Å². The fraction of sp³-hybridized carbons (Fsp3) is 0.118. The molecule has 2 aromatic carbocycles. The second kappa shape index (κ2) is 6.37. The van der Waals surface area contributed by atoms with Crippen LogP contribution in [0, 0.1) is 10.6 Å². The number of hydrogen-bond donors (Lipinski definition) is 2. The minimum absolute atomic E-state index is 0.0795. The number of fused-ring (bicyclic) bond motifs is 1. The van der Waals surface area contributed by atoms with Gasteiger partial charge in [-0.05, 0) is 36.5 Å². The van der Waals surface area contributed by atoms with Crippen LogP contribution in [-0.4, -0.2) is 15.5 Å². The zero-order valence-electron chi connectivity index (χ0n) is 12.8. The van der Waals surface area contributed by atoms with Crippen LogP contribution < -0.4 is 10.9 Å². The number of nitrogens with one attached hydrogen (secondary N) is 2. The Bertz CT molecular complexity index is 1060. The van der Waals surface area contributed by atoms with Gasteiger partial charge in [0.2, 0.25) is 0 Å². The number of carbonyl (C=O) groups is 1. The van der Waals surface area contributed by atoms with Gasteiger partial charge in [-0.25, -0.2) is 4.39 Å². The Labute approximate surface area is 141 Å². The molecule has 0 spiro atoms. The molecule has 1 aromatic heterocycles. The van der Waals surface area contributed by atoms with E-state index in [-0.39, 0.29) is 28.6 Å². The maximum Gasteiger partial charge on any atom is 0.261 e. The van der Waals surface area contributed by atoms with E-state index in [0.717, 1.165) is 0 Å². The number of carbonyl (C=O) groups excluding carboxylic acids is 1. The first-order valence-electron chi connectivity index (χ1n) is 7.22. The summed E-state index contributed by atoms with van der Waals surface area (Å²) in [6.45, 7) is 0.0795. The predicted molar refractivity (Wildman–Crippen MR) is 91.9 cm³/mol. The van der Waals surface area contributed by atoms with Crippen molar-refractivity contribution in [1.29, 1.82) is 0 Å². The molecule has 0 radical (unpaired) electrons. The highest BCUT2D eigenvalue weighted by Gasteiger charge is 2.10. The van der Waals surface area contributed by atoms with Gasteiger partial charge in [-0.3, -0.25) is 14.2 Å². The molecule has 1 heterocycles. The molecular formula is C17H14FN3O2S. The van der Waals surface area contributed by atoms with Gasteiger partial charge in [-0.15, -0.1) is 0 Å². The number of hydrogen-bond acceptors (Lipinski definition) is 3. The van der Waals surface area contributed by atoms with Gasteiger partial charge in [0.15, 0.2) is 4.77 Å². The second-order valence-electron chi connectivity index (χ2n) is 5.33. The molecule has 0 saturated carbocycles. The molecule has 0 aliphatic rings. The Kier molecular flexibility index (Phi) is 4.26. The number of benzene rings is 2. The Morgan fingerprint density at radius 2 is 2.04 bits per heavy atom. The topological polar surface area (TPSA) is 66.9 Å². The van der Waals surface area contributed by atoms with Crippen molar-refractivity contribution < 1.29 is 9.18 Å². The summed E-state index contributed by atoms with van der Waals surface area (Å²) in [4.78, 5) is 27.3. The number of nitrogens with zero attached hydrogens (tertiary/aromatic N) is 1. The maximum atomic E-state index is 13.6. The van der Waals surface area contributed by atoms with E-state index in [1.54, 1.807) is 43.4 Å². The highest BCUT2D eigenvalue weighted by atomic mass is 32.1. The van der Waals surface area contributed by atoms with Crippen LogP contribution in [-0.2, 0) is 13.6 Å². The van der Waals surface area contributed by atoms with Crippen molar-refractivity contribution in [1.82, 2.24) is 14.9 Å². The van der Waals surface area contributed by atoms with Crippen LogP contribution in [0.15, 0.2) is 47.3 Å². The molecule has 0 aliphatic heterocycles. The molecule has 3 rings (SSSR count). The summed E-state index contributed by atoms with van der Waals surface area (Å²) < 4.78 is 15.2. The summed E-state index contributed by atoms with van der Waals surface area (Å²) in [5.41, 5.74) is 1.02. The largest absolute Gasteiger partial charge is 0.348 e. The molecule has 0 aliphatic carbocycles. The number of rotatable bonds is 3. The molecule has 0 saturated heterocycles. The molecule has 24 heavy (non-hydrogen) atoms. The van der Waals surface area contributed by atoms with E-state index in [9.17, 15) is 14.0 Å². The average molecular weight is 343 g/mol. The van der Waals surface area contributed by atoms with E-state index in [0.29, 0.717) is 22.0 Å². The highest BCUT2D eigenvalue weighted by Crippen LogP contribution is 2.11. The zero-order chi connectivity index (χ0) is 17.3. The molecule has 0 fully saturated rings. The molecule has 0 unspecified atom stereocenters. The van der Waals surface area contributed by atoms with E-state index in [4.69, 9.17) is 12.2 Å². The standard InChI is InChI=1S/C17H14FN3O2S/c1-21-16(23)12-7-6-10(8-14(12)20-17(21)24)15(22)19-9-11-4-2-3-5-13(11)18/h2-8H,9H2,1H3,(H,19,22)(H,20,24). The molecule has 0 atom stereocenters. The first kappa shape index (κ1) is 16.1. The molecule has 0 bridgehead atoms. The summed E-state index contributed by atoms with van der Waals surface area (Å²) in [6.07, 6.45) is 0. The Morgan fingerprint density at radius 3 is 2.79 bits per heavy atom. The minimum Gasteiger partial charge on any atom is -0.348 e. The van der Waals surface area contributed by atoms with Gasteiger partial charge >= 0.3 is 0 Å². The lowest BCUT2D eigenvalue weighted by Gasteiger charge is -2.08. The Balaban J connectivity index is 1.88. The molecule has 122 valence electrons. The highest BCUT2D eigenvalue weighted by molar-refractivity contribution is 7.71. The van der Waals surface area contributed by atoms with Crippen molar-refractivity contribution in [3.05, 3.63) is 74.5 Å². The molecule has 7 heteroatoms. The quantitative estimate of drug-likeness (QED) is 0.719. The predicted octanol–water partition coefficient (Wildman–Crippen LogP) is 2.67. The van der Waals surface area contributed by atoms with Gasteiger partial charge in [0.1, 0.15) is 5.82 Å². The van der Waals surface area contributed by atoms with Crippen LogP contribution in [0.3, 0.4) is 0 Å². The van der Waals surface area contributed by atoms with Crippen molar-refractivity contribution >= 4 is 29.0 Å². The lowest BCUT2D eigenvalue weighted by Crippen LogP contribution is -2.24. The lowest BCUT2D eigenvalue weighted by molar-refractivity contribution is 0.0950. The van der Waals surface area contributed by atoms with E-state index in [2.05, 4.69) is 10.3 Å². The summed E-state index contributed by atoms with van der Waals surface area (Å²) in [6, 6.07) is 10.9. The fourth-order valence-corrected chi connectivity index (χ4v) is 2.56. The molecular weight excluding hydrogens is 329 g/mol. The van der Waals surface area contributed by atoms with Crippen molar-refractivity contribution in [3.8, 4) is 0 Å². The van der Waals surface area contributed by atoms with E-state index < -0.39 is 0 Å². The first-order chi connectivity index (χ1) is 11.5. The fourth-order valence-electron chi connectivity index (χ4n) is 2.37. The van der Waals surface area contributed by atoms with Crippen LogP contribution in [0.4, 0.5) is 4.39 Å². The van der Waals surface area contributed by atoms with Crippen LogP contribution in [0.25, 0.3) is 10.9 Å². The molecule has 1 amide bonds. The van der Waals surface area contributed by atoms with Crippen LogP contribution >= 0.6 is 12.2 Å². The number of amides is 1. The summed E-state index contributed by atoms with van der Waals surface area (Å²) >= 11 is 5.07. The maximum absolute atomic E-state index is 13.6. The first-order valence-corrected chi connectivity index (χ1v) is 7.63. The van der Waals surface area contributed by atoms with Gasteiger partial charge in [-0.1, -0.05) is 18.2 Å². The van der Waals surface area contributed by atoms with Gasteiger partial charge in [0.25, 0.3) is 11.5 Å². The molecule has 5 nitrogen and oxygen atoms in total. The second-order valence-corrected chi connectivity index (χ2v) is 5.72. The third kappa shape index (κ3) is 2.98. The van der Waals surface area contributed by atoms with Gasteiger partial charge in [0.05, 0.1) is 10.9 Å². The minimum atomic E-state index is -0.371. The monoisotopic (exact) mass is 343 g/mol. The van der Waals surface area contributed by atoms with Gasteiger partial charge < -0.3 is 10.3 Å². The SMILES string of the molecule is Cn1c(=S)[nH]c2cc(C(=O)NCc3ccccc3F)ccc2c1=O. The molecule has 3 aromatic rings. The smallest absolute Gasteiger partial charge is 0.261 e. The van der Waals surface area contributed by atoms with Crippen LogP contribution in [0.5, 0.6) is 0 Å². The lowest BCUT2D eigenvalue weighted by atomic mass is 10.1. The summed E-state index contributed by atoms with van der Waals surface area (Å²) in [5.74, 6) is -0.732. The zero-order valence-corrected chi connectivity index (χ0v) is 13.6. The summed E-state index contributed by atoms with van der Waals surface area (Å²) in [5, 5.41) is 3.10. The Hall–Kier alpha value is -2.80. The number of aromatic nitrogens is 2. The number of aromatic amines is 1. The van der Waals surface area contributed by atoms with Gasteiger partial charge in [-0.2, -0.15) is 0 Å². The third-order valence-corrected chi connectivity index (χ3v) is 4.14. The molecule has 2 N–H and O–H groups in total. The number of halogens is 1. The normalized spacial score (nSPS) is 10.8. The average Bonchev–Trinajstić information content (AvgIpc) is 2.58. The summed E-state index contributed by atoms with van der Waals surface area (Å²) in [7, 11) is 1.58. The van der Waals surface area contributed by atoms with E-state index in [1.165, 1.54) is 10.6 Å². The van der Waals surface area contributed by atoms with Crippen molar-refractivity contribution in [2.45, 2.75) is 6.54 Å². The third-order valence-electron chi connectivity index (χ3n) is 3.76. The van der Waals surface area contributed by atoms with Crippen LogP contribution in [0.2, 0.25) is 0 Å². The van der Waals surface area contributed by atoms with E-state index in [1.807, 2.05) is 0 Å². The van der Waals surface area contributed by atoms with Crippen molar-refractivity contribution in [3.63, 3.8) is 0 Å². The van der Waals surface area contributed by atoms with Crippen molar-refractivity contribution in [2.75, 3.05) is 0 Å². The Morgan fingerprint density at radius 1 is 1.29 bits per heavy atom.